The van der Waals surface area contributed by atoms with E-state index in [-0.39, 0.29) is 11.0 Å². The van der Waals surface area contributed by atoms with Gasteiger partial charge >= 0.3 is 0 Å². The van der Waals surface area contributed by atoms with Gasteiger partial charge in [0.1, 0.15) is 5.75 Å². The Morgan fingerprint density at radius 2 is 2.13 bits per heavy atom. The van der Waals surface area contributed by atoms with Crippen LogP contribution in [0.15, 0.2) is 29.2 Å². The molecule has 0 spiro atoms. The zero-order chi connectivity index (χ0) is 11.5. The fraction of sp³-hybridized carbons (Fsp3) is 0.400. The van der Waals surface area contributed by atoms with Gasteiger partial charge in [0.25, 0.3) is 9.05 Å². The highest BCUT2D eigenvalue weighted by molar-refractivity contribution is 8.13. The maximum Gasteiger partial charge on any atom is 0.261 e. The van der Waals surface area contributed by atoms with Gasteiger partial charge in [0.2, 0.25) is 0 Å². The predicted molar refractivity (Wildman–Crippen MR) is 59.9 cm³/mol. The maximum atomic E-state index is 11.1. The summed E-state index contributed by atoms with van der Waals surface area (Å²) in [6.45, 7) is 3.91. The fourth-order valence-electron chi connectivity index (χ4n) is 1.01. The Balaban J connectivity index is 2.94. The highest BCUT2D eigenvalue weighted by Crippen LogP contribution is 2.21. The highest BCUT2D eigenvalue weighted by atomic mass is 35.7. The van der Waals surface area contributed by atoms with Gasteiger partial charge in [-0.15, -0.1) is 0 Å². The summed E-state index contributed by atoms with van der Waals surface area (Å²) < 4.78 is 27.6. The molecule has 1 aromatic carbocycles. The molecule has 0 heterocycles. The first kappa shape index (κ1) is 12.3. The van der Waals surface area contributed by atoms with Crippen LogP contribution in [0.4, 0.5) is 0 Å². The molecule has 0 bridgehead atoms. The molecule has 15 heavy (non-hydrogen) atoms. The Bertz CT molecular complexity index is 428. The van der Waals surface area contributed by atoms with E-state index in [1.54, 1.807) is 12.1 Å². The largest absolute Gasteiger partial charge is 0.491 e. The van der Waals surface area contributed by atoms with Crippen molar-refractivity contribution in [2.24, 2.45) is 0 Å². The number of halogens is 1. The lowest BCUT2D eigenvalue weighted by Crippen LogP contribution is -2.09. The van der Waals surface area contributed by atoms with E-state index in [0.717, 1.165) is 6.42 Å². The molecule has 0 fully saturated rings. The first-order chi connectivity index (χ1) is 6.93. The van der Waals surface area contributed by atoms with E-state index in [1.807, 2.05) is 13.8 Å². The summed E-state index contributed by atoms with van der Waals surface area (Å²) in [5.41, 5.74) is 0. The standard InChI is InChI=1S/C10H13ClO3S/c1-3-8(2)14-9-5-4-6-10(7-9)15(11,12)13/h4-8H,3H2,1-2H3/t8-/m1/s1. The minimum absolute atomic E-state index is 0.0540. The molecule has 0 unspecified atom stereocenters. The lowest BCUT2D eigenvalue weighted by molar-refractivity contribution is 0.217. The Morgan fingerprint density at radius 1 is 1.47 bits per heavy atom. The van der Waals surface area contributed by atoms with Crippen LogP contribution in [0.3, 0.4) is 0 Å². The molecule has 1 rings (SSSR count). The van der Waals surface area contributed by atoms with Crippen LogP contribution in [0, 0.1) is 0 Å². The molecule has 0 saturated heterocycles. The second-order valence-corrected chi connectivity index (χ2v) is 5.82. The predicted octanol–water partition coefficient (Wildman–Crippen LogP) is 2.79. The molecule has 0 N–H and O–H groups in total. The summed E-state index contributed by atoms with van der Waals surface area (Å²) >= 11 is 0. The molecule has 1 atom stereocenters. The van der Waals surface area contributed by atoms with Gasteiger partial charge in [-0.25, -0.2) is 8.42 Å². The van der Waals surface area contributed by atoms with Gasteiger partial charge < -0.3 is 4.74 Å². The molecule has 1 aromatic rings. The SMILES string of the molecule is CC[C@@H](C)Oc1cccc(S(=O)(=O)Cl)c1. The molecule has 5 heteroatoms. The van der Waals surface area contributed by atoms with Crippen LogP contribution < -0.4 is 4.74 Å². The number of hydrogen-bond acceptors (Lipinski definition) is 3. The normalized spacial score (nSPS) is 13.5. The molecular weight excluding hydrogens is 236 g/mol. The summed E-state index contributed by atoms with van der Waals surface area (Å²) in [4.78, 5) is 0.0602. The number of ether oxygens (including phenoxy) is 1. The lowest BCUT2D eigenvalue weighted by atomic mass is 10.3. The Hall–Kier alpha value is -0.740. The molecule has 0 aliphatic heterocycles. The van der Waals surface area contributed by atoms with Crippen LogP contribution in [0.2, 0.25) is 0 Å². The highest BCUT2D eigenvalue weighted by Gasteiger charge is 2.11. The zero-order valence-corrected chi connectivity index (χ0v) is 10.2. The quantitative estimate of drug-likeness (QED) is 0.770. The third kappa shape index (κ3) is 3.72. The number of benzene rings is 1. The molecule has 0 aliphatic rings. The molecule has 0 saturated carbocycles. The van der Waals surface area contributed by atoms with Gasteiger partial charge in [-0.2, -0.15) is 0 Å². The van der Waals surface area contributed by atoms with Crippen molar-refractivity contribution < 1.29 is 13.2 Å². The van der Waals surface area contributed by atoms with Gasteiger partial charge in [-0.05, 0) is 25.5 Å². The second-order valence-electron chi connectivity index (χ2n) is 3.25. The van der Waals surface area contributed by atoms with Gasteiger partial charge in [-0.1, -0.05) is 13.0 Å². The Labute approximate surface area is 94.4 Å². The van der Waals surface area contributed by atoms with Crippen LogP contribution in [0.5, 0.6) is 5.75 Å². The molecule has 0 aliphatic carbocycles. The van der Waals surface area contributed by atoms with E-state index in [0.29, 0.717) is 5.75 Å². The molecular formula is C10H13ClO3S. The maximum absolute atomic E-state index is 11.1. The summed E-state index contributed by atoms with van der Waals surface area (Å²) in [5.74, 6) is 0.520. The average molecular weight is 249 g/mol. The third-order valence-electron chi connectivity index (χ3n) is 2.00. The Morgan fingerprint density at radius 3 is 2.67 bits per heavy atom. The minimum Gasteiger partial charge on any atom is -0.491 e. The van der Waals surface area contributed by atoms with Gasteiger partial charge in [-0.3, -0.25) is 0 Å². The van der Waals surface area contributed by atoms with Crippen LogP contribution in [0.1, 0.15) is 20.3 Å². The molecule has 0 radical (unpaired) electrons. The van der Waals surface area contributed by atoms with E-state index in [2.05, 4.69) is 0 Å². The van der Waals surface area contributed by atoms with E-state index in [9.17, 15) is 8.42 Å². The second kappa shape index (κ2) is 4.86. The topological polar surface area (TPSA) is 43.4 Å². The molecule has 0 amide bonds. The Kier molecular flexibility index (Phi) is 3.99. The summed E-state index contributed by atoms with van der Waals surface area (Å²) in [7, 11) is 1.54. The van der Waals surface area contributed by atoms with Crippen LogP contribution in [-0.4, -0.2) is 14.5 Å². The van der Waals surface area contributed by atoms with Crippen molar-refractivity contribution in [1.29, 1.82) is 0 Å². The lowest BCUT2D eigenvalue weighted by Gasteiger charge is -2.12. The van der Waals surface area contributed by atoms with Crippen LogP contribution in [-0.2, 0) is 9.05 Å². The molecule has 84 valence electrons. The van der Waals surface area contributed by atoms with Gasteiger partial charge in [0.05, 0.1) is 11.0 Å². The van der Waals surface area contributed by atoms with Crippen LogP contribution >= 0.6 is 10.7 Å². The van der Waals surface area contributed by atoms with E-state index >= 15 is 0 Å². The summed E-state index contributed by atoms with van der Waals surface area (Å²) in [6.07, 6.45) is 0.913. The monoisotopic (exact) mass is 248 g/mol. The first-order valence-corrected chi connectivity index (χ1v) is 6.96. The van der Waals surface area contributed by atoms with Crippen molar-refractivity contribution in [3.63, 3.8) is 0 Å². The van der Waals surface area contributed by atoms with Crippen molar-refractivity contribution in [1.82, 2.24) is 0 Å². The van der Waals surface area contributed by atoms with E-state index in [4.69, 9.17) is 15.4 Å². The average Bonchev–Trinajstić information content (AvgIpc) is 2.17. The number of hydrogen-bond donors (Lipinski definition) is 0. The zero-order valence-electron chi connectivity index (χ0n) is 8.60. The molecule has 3 nitrogen and oxygen atoms in total. The smallest absolute Gasteiger partial charge is 0.261 e. The van der Waals surface area contributed by atoms with E-state index in [1.165, 1.54) is 12.1 Å². The summed E-state index contributed by atoms with van der Waals surface area (Å²) in [6, 6.07) is 6.17. The van der Waals surface area contributed by atoms with Gasteiger partial charge in [0, 0.05) is 16.7 Å². The van der Waals surface area contributed by atoms with Crippen LogP contribution in [0.25, 0.3) is 0 Å². The fourth-order valence-corrected chi connectivity index (χ4v) is 1.80. The number of rotatable bonds is 4. The summed E-state index contributed by atoms with van der Waals surface area (Å²) in [5, 5.41) is 0. The minimum atomic E-state index is -3.68. The van der Waals surface area contributed by atoms with Crippen molar-refractivity contribution in [2.45, 2.75) is 31.3 Å². The van der Waals surface area contributed by atoms with Crippen molar-refractivity contribution >= 4 is 19.7 Å². The first-order valence-electron chi connectivity index (χ1n) is 4.65. The van der Waals surface area contributed by atoms with Gasteiger partial charge in [0.15, 0.2) is 0 Å². The van der Waals surface area contributed by atoms with Crippen molar-refractivity contribution in [3.8, 4) is 5.75 Å². The third-order valence-corrected chi connectivity index (χ3v) is 3.35. The van der Waals surface area contributed by atoms with E-state index < -0.39 is 9.05 Å². The molecule has 0 aromatic heterocycles. The van der Waals surface area contributed by atoms with Crippen molar-refractivity contribution in [2.75, 3.05) is 0 Å². The van der Waals surface area contributed by atoms with Crippen molar-refractivity contribution in [3.05, 3.63) is 24.3 Å².